The smallest absolute Gasteiger partial charge is 0.438 e. The second-order valence-corrected chi connectivity index (χ2v) is 8.62. The molecule has 0 bridgehead atoms. The molecule has 33 heavy (non-hydrogen) atoms. The Bertz CT molecular complexity index is 1430. The fourth-order valence-electron chi connectivity index (χ4n) is 4.99. The number of aromatic amines is 1. The van der Waals surface area contributed by atoms with E-state index in [0.717, 1.165) is 46.1 Å². The zero-order valence-corrected chi connectivity index (χ0v) is 19.1. The molecule has 0 radical (unpaired) electrons. The highest BCUT2D eigenvalue weighted by Crippen LogP contribution is 2.55. The number of aryl methyl sites for hydroxylation is 1. The van der Waals surface area contributed by atoms with Crippen LogP contribution in [-0.2, 0) is 16.7 Å². The lowest BCUT2D eigenvalue weighted by Gasteiger charge is -2.20. The Hall–Kier alpha value is -3.68. The largest absolute Gasteiger partial charge is 0.461 e. The van der Waals surface area contributed by atoms with E-state index in [1.165, 1.54) is 0 Å². The summed E-state index contributed by atoms with van der Waals surface area (Å²) in [4.78, 5) is 31.9. The van der Waals surface area contributed by atoms with Gasteiger partial charge in [-0.25, -0.2) is 9.59 Å². The lowest BCUT2D eigenvalue weighted by Crippen LogP contribution is -2.27. The highest BCUT2D eigenvalue weighted by Gasteiger charge is 2.59. The van der Waals surface area contributed by atoms with Crippen LogP contribution >= 0.6 is 0 Å². The first-order valence-electron chi connectivity index (χ1n) is 11.2. The highest BCUT2D eigenvalue weighted by atomic mass is 16.5. The Labute approximate surface area is 190 Å². The molecule has 8 heteroatoms. The van der Waals surface area contributed by atoms with Gasteiger partial charge >= 0.3 is 11.7 Å². The monoisotopic (exact) mass is 446 g/mol. The van der Waals surface area contributed by atoms with Gasteiger partial charge in [0.15, 0.2) is 5.82 Å². The number of fused-ring (bicyclic) bond motifs is 1. The van der Waals surface area contributed by atoms with Crippen molar-refractivity contribution in [3.05, 3.63) is 69.9 Å². The maximum absolute atomic E-state index is 13.0. The van der Waals surface area contributed by atoms with E-state index in [1.54, 1.807) is 6.92 Å². The van der Waals surface area contributed by atoms with E-state index in [9.17, 15) is 9.59 Å². The molecule has 2 atom stereocenters. The average molecular weight is 447 g/mol. The van der Waals surface area contributed by atoms with Gasteiger partial charge in [-0.2, -0.15) is 0 Å². The maximum Gasteiger partial charge on any atom is 0.438 e. The van der Waals surface area contributed by atoms with E-state index in [2.05, 4.69) is 48.0 Å². The van der Waals surface area contributed by atoms with Crippen LogP contribution in [0.1, 0.15) is 54.8 Å². The Morgan fingerprint density at radius 3 is 2.73 bits per heavy atom. The minimum absolute atomic E-state index is 0.149. The lowest BCUT2D eigenvalue weighted by molar-refractivity contribution is 0.0511. The molecule has 3 heterocycles. The number of esters is 1. The van der Waals surface area contributed by atoms with E-state index in [0.29, 0.717) is 11.5 Å². The van der Waals surface area contributed by atoms with Crippen LogP contribution in [0.5, 0.6) is 0 Å². The van der Waals surface area contributed by atoms with E-state index < -0.39 is 17.3 Å². The molecule has 0 amide bonds. The quantitative estimate of drug-likeness (QED) is 0.445. The van der Waals surface area contributed by atoms with E-state index in [1.807, 2.05) is 29.0 Å². The number of nitrogens with zero attached hydrogens (tertiary/aromatic N) is 3. The van der Waals surface area contributed by atoms with Crippen LogP contribution in [0.25, 0.3) is 22.0 Å². The molecule has 1 aliphatic carbocycles. The van der Waals surface area contributed by atoms with Crippen molar-refractivity contribution in [3.63, 3.8) is 0 Å². The molecule has 3 aromatic heterocycles. The van der Waals surface area contributed by atoms with Gasteiger partial charge in [-0.15, -0.1) is 0 Å². The topological polar surface area (TPSA) is 103 Å². The molecular weight excluding hydrogens is 420 g/mol. The predicted molar refractivity (Wildman–Crippen MR) is 123 cm³/mol. The molecule has 170 valence electrons. The number of hydrogen-bond donors (Lipinski definition) is 1. The van der Waals surface area contributed by atoms with Gasteiger partial charge in [0.2, 0.25) is 0 Å². The number of pyridine rings is 1. The van der Waals surface area contributed by atoms with Gasteiger partial charge in [0.25, 0.3) is 0 Å². The van der Waals surface area contributed by atoms with Gasteiger partial charge in [0.05, 0.1) is 6.61 Å². The fourth-order valence-corrected chi connectivity index (χ4v) is 4.99. The summed E-state index contributed by atoms with van der Waals surface area (Å²) in [6, 6.07) is 10.0. The van der Waals surface area contributed by atoms with Crippen molar-refractivity contribution in [2.75, 3.05) is 6.61 Å². The molecule has 1 aliphatic rings. The van der Waals surface area contributed by atoms with Crippen LogP contribution in [0.3, 0.4) is 0 Å². The number of carbonyl (C=O) groups is 1. The summed E-state index contributed by atoms with van der Waals surface area (Å²) in [5.74, 6) is -0.450. The van der Waals surface area contributed by atoms with Crippen LogP contribution in [0.4, 0.5) is 0 Å². The molecule has 0 spiro atoms. The number of hydrogen-bond acceptors (Lipinski definition) is 6. The molecule has 1 saturated carbocycles. The normalized spacial score (nSPS) is 19.7. The standard InChI is InChI=1S/C25H26N4O4/c1-5-19-15(4)18(9-10-26-19)16-7-8-20-17(11-16)12-21(22(30)32-6-2)29(20)25(13-14(25)3)23-27-24(31)33-28-23/h7-12,14H,5-6,13H2,1-4H3,(H,27,28,31)/t14-,25+/m1/s1. The second-order valence-electron chi connectivity index (χ2n) is 8.62. The number of nitrogens with one attached hydrogen (secondary N) is 1. The molecule has 0 unspecified atom stereocenters. The van der Waals surface area contributed by atoms with Crippen LogP contribution in [-0.4, -0.2) is 32.3 Å². The summed E-state index contributed by atoms with van der Waals surface area (Å²) in [5.41, 5.74) is 5.02. The average Bonchev–Trinajstić information content (AvgIpc) is 3.13. The Morgan fingerprint density at radius 1 is 1.30 bits per heavy atom. The van der Waals surface area contributed by atoms with Gasteiger partial charge in [0.1, 0.15) is 11.2 Å². The molecule has 0 aliphatic heterocycles. The van der Waals surface area contributed by atoms with Crippen LogP contribution in [0, 0.1) is 12.8 Å². The van der Waals surface area contributed by atoms with Gasteiger partial charge < -0.3 is 9.30 Å². The summed E-state index contributed by atoms with van der Waals surface area (Å²) < 4.78 is 12.1. The summed E-state index contributed by atoms with van der Waals surface area (Å²) in [6.45, 7) is 8.30. The Balaban J connectivity index is 1.73. The maximum atomic E-state index is 13.0. The molecule has 1 N–H and O–H groups in total. The summed E-state index contributed by atoms with van der Waals surface area (Å²) in [7, 11) is 0. The molecular formula is C25H26N4O4. The molecule has 4 aromatic rings. The minimum Gasteiger partial charge on any atom is -0.461 e. The van der Waals surface area contributed by atoms with Crippen molar-refractivity contribution in [1.82, 2.24) is 19.7 Å². The number of ether oxygens (including phenoxy) is 1. The van der Waals surface area contributed by atoms with E-state index >= 15 is 0 Å². The third kappa shape index (κ3) is 3.20. The minimum atomic E-state index is -0.667. The number of H-pyrrole nitrogens is 1. The number of rotatable bonds is 6. The zero-order valence-electron chi connectivity index (χ0n) is 19.1. The van der Waals surface area contributed by atoms with Crippen molar-refractivity contribution >= 4 is 16.9 Å². The first-order chi connectivity index (χ1) is 15.9. The van der Waals surface area contributed by atoms with Crippen molar-refractivity contribution in [1.29, 1.82) is 0 Å². The van der Waals surface area contributed by atoms with Crippen LogP contribution in [0.2, 0.25) is 0 Å². The van der Waals surface area contributed by atoms with Crippen molar-refractivity contribution in [2.24, 2.45) is 5.92 Å². The molecule has 1 fully saturated rings. The molecule has 1 aromatic carbocycles. The highest BCUT2D eigenvalue weighted by molar-refractivity contribution is 5.97. The Morgan fingerprint density at radius 2 is 2.09 bits per heavy atom. The lowest BCUT2D eigenvalue weighted by atomic mass is 9.98. The third-order valence-electron chi connectivity index (χ3n) is 6.76. The van der Waals surface area contributed by atoms with Gasteiger partial charge in [-0.1, -0.05) is 25.1 Å². The molecule has 5 rings (SSSR count). The van der Waals surface area contributed by atoms with E-state index in [-0.39, 0.29) is 12.5 Å². The molecule has 8 nitrogen and oxygen atoms in total. The van der Waals surface area contributed by atoms with Gasteiger partial charge in [-0.3, -0.25) is 14.5 Å². The number of aromatic nitrogens is 4. The zero-order chi connectivity index (χ0) is 23.3. The first kappa shape index (κ1) is 21.2. The van der Waals surface area contributed by atoms with Crippen molar-refractivity contribution < 1.29 is 14.1 Å². The van der Waals surface area contributed by atoms with Gasteiger partial charge in [-0.05, 0) is 73.6 Å². The van der Waals surface area contributed by atoms with Gasteiger partial charge in [0, 0.05) is 22.8 Å². The summed E-state index contributed by atoms with van der Waals surface area (Å²) in [6.07, 6.45) is 3.42. The Kier molecular flexibility index (Phi) is 4.96. The third-order valence-corrected chi connectivity index (χ3v) is 6.76. The second kappa shape index (κ2) is 7.72. The number of benzene rings is 1. The predicted octanol–water partition coefficient (Wildman–Crippen LogP) is 4.21. The molecule has 0 saturated heterocycles. The summed E-state index contributed by atoms with van der Waals surface area (Å²) in [5, 5.41) is 4.89. The fraction of sp³-hybridized carbons (Fsp3) is 0.360. The van der Waals surface area contributed by atoms with Crippen molar-refractivity contribution in [2.45, 2.75) is 46.1 Å². The first-order valence-corrected chi connectivity index (χ1v) is 11.2. The number of carbonyl (C=O) groups excluding carboxylic acids is 1. The van der Waals surface area contributed by atoms with Crippen molar-refractivity contribution in [3.8, 4) is 11.1 Å². The van der Waals surface area contributed by atoms with Crippen LogP contribution in [0.15, 0.2) is 45.8 Å². The van der Waals surface area contributed by atoms with Crippen LogP contribution < -0.4 is 5.76 Å². The van der Waals surface area contributed by atoms with E-state index in [4.69, 9.17) is 9.26 Å². The SMILES string of the molecule is CCOC(=O)c1cc2cc(-c3ccnc(CC)c3C)ccc2n1[C@@]1(c2noc(=O)[nH]2)C[C@H]1C. The summed E-state index contributed by atoms with van der Waals surface area (Å²) >= 11 is 0.